The molecule has 1 saturated carbocycles. The molecule has 0 radical (unpaired) electrons. The van der Waals surface area contributed by atoms with Gasteiger partial charge in [0.1, 0.15) is 4.21 Å². The van der Waals surface area contributed by atoms with Crippen LogP contribution in [0.25, 0.3) is 0 Å². The monoisotopic (exact) mass is 328 g/mol. The number of likely N-dealkylation sites (tertiary alicyclic amines) is 1. The van der Waals surface area contributed by atoms with Crippen molar-refractivity contribution in [2.45, 2.75) is 42.4 Å². The molecule has 3 rings (SSSR count). The molecular formula is C14H20N2O3S2. The van der Waals surface area contributed by atoms with Crippen molar-refractivity contribution in [2.24, 2.45) is 5.41 Å². The average Bonchev–Trinajstić information content (AvgIpc) is 3.11. The molecule has 1 aliphatic carbocycles. The van der Waals surface area contributed by atoms with Crippen LogP contribution in [0.3, 0.4) is 0 Å². The highest BCUT2D eigenvalue weighted by atomic mass is 32.2. The number of thiophene rings is 1. The van der Waals surface area contributed by atoms with Crippen molar-refractivity contribution >= 4 is 27.3 Å². The molecule has 0 unspecified atom stereocenters. The van der Waals surface area contributed by atoms with Crippen LogP contribution in [0.2, 0.25) is 0 Å². The highest BCUT2D eigenvalue weighted by Crippen LogP contribution is 2.47. The normalized spacial score (nSPS) is 29.7. The van der Waals surface area contributed by atoms with Crippen LogP contribution < -0.4 is 4.72 Å². The largest absolute Gasteiger partial charge is 0.342 e. The fraction of sp³-hybridized carbons (Fsp3) is 0.643. The summed E-state index contributed by atoms with van der Waals surface area (Å²) in [6.45, 7) is 0.426. The van der Waals surface area contributed by atoms with Gasteiger partial charge in [-0.25, -0.2) is 13.1 Å². The highest BCUT2D eigenvalue weighted by Gasteiger charge is 2.49. The summed E-state index contributed by atoms with van der Waals surface area (Å²) in [7, 11) is -1.58. The summed E-state index contributed by atoms with van der Waals surface area (Å²) in [4.78, 5) is 13.7. The zero-order chi connectivity index (χ0) is 15.1. The molecule has 5 nitrogen and oxygen atoms in total. The number of nitrogens with zero attached hydrogens (tertiary/aromatic N) is 1. The summed E-state index contributed by atoms with van der Waals surface area (Å²) in [6, 6.07) is 3.53. The van der Waals surface area contributed by atoms with Crippen molar-refractivity contribution < 1.29 is 13.2 Å². The Labute approximate surface area is 129 Å². The number of sulfonamides is 1. The lowest BCUT2D eigenvalue weighted by atomic mass is 9.75. The Kier molecular flexibility index (Phi) is 3.83. The molecule has 7 heteroatoms. The van der Waals surface area contributed by atoms with Gasteiger partial charge in [0.2, 0.25) is 15.9 Å². The van der Waals surface area contributed by atoms with Crippen LogP contribution in [-0.4, -0.2) is 38.9 Å². The predicted octanol–water partition coefficient (Wildman–Crippen LogP) is 1.82. The van der Waals surface area contributed by atoms with Crippen LogP contribution in [0.15, 0.2) is 21.7 Å². The standard InChI is InChI=1S/C14H20N2O3S2/c1-16-11-4-2-7-14(11,8-6-12(16)17)10-15-21(18,19)13-5-3-9-20-13/h3,5,9,11,15H,2,4,6-8,10H2,1H3/t11-,14+/m1/s1. The molecule has 2 atom stereocenters. The van der Waals surface area contributed by atoms with E-state index in [4.69, 9.17) is 0 Å². The van der Waals surface area contributed by atoms with E-state index in [9.17, 15) is 13.2 Å². The molecule has 0 spiro atoms. The maximum atomic E-state index is 12.3. The highest BCUT2D eigenvalue weighted by molar-refractivity contribution is 7.91. The fourth-order valence-electron chi connectivity index (χ4n) is 3.74. The van der Waals surface area contributed by atoms with E-state index in [2.05, 4.69) is 4.72 Å². The Hall–Kier alpha value is -0.920. The van der Waals surface area contributed by atoms with E-state index >= 15 is 0 Å². The lowest BCUT2D eigenvalue weighted by Gasteiger charge is -2.44. The Morgan fingerprint density at radius 2 is 2.29 bits per heavy atom. The number of hydrogen-bond donors (Lipinski definition) is 1. The van der Waals surface area contributed by atoms with Gasteiger partial charge in [-0.05, 0) is 30.7 Å². The molecule has 2 heterocycles. The number of piperidine rings is 1. The smallest absolute Gasteiger partial charge is 0.250 e. The number of fused-ring (bicyclic) bond motifs is 1. The molecule has 1 saturated heterocycles. The summed E-state index contributed by atoms with van der Waals surface area (Å²) in [5.74, 6) is 0.179. The van der Waals surface area contributed by atoms with Gasteiger partial charge >= 0.3 is 0 Å². The van der Waals surface area contributed by atoms with Gasteiger partial charge < -0.3 is 4.90 Å². The Morgan fingerprint density at radius 3 is 3.00 bits per heavy atom. The fourth-order valence-corrected chi connectivity index (χ4v) is 5.92. The summed E-state index contributed by atoms with van der Waals surface area (Å²) < 4.78 is 27.7. The second kappa shape index (κ2) is 5.37. The van der Waals surface area contributed by atoms with E-state index in [0.717, 1.165) is 25.7 Å². The number of rotatable bonds is 4. The number of amides is 1. The van der Waals surface area contributed by atoms with E-state index < -0.39 is 10.0 Å². The van der Waals surface area contributed by atoms with Crippen molar-refractivity contribution in [3.8, 4) is 0 Å². The van der Waals surface area contributed by atoms with E-state index in [0.29, 0.717) is 17.2 Å². The van der Waals surface area contributed by atoms with Gasteiger partial charge in [-0.3, -0.25) is 4.79 Å². The Balaban J connectivity index is 1.76. The molecule has 1 aromatic heterocycles. The molecule has 0 bridgehead atoms. The van der Waals surface area contributed by atoms with E-state index in [1.54, 1.807) is 17.5 Å². The zero-order valence-electron chi connectivity index (χ0n) is 12.0. The zero-order valence-corrected chi connectivity index (χ0v) is 13.7. The van der Waals surface area contributed by atoms with Crippen molar-refractivity contribution in [1.82, 2.24) is 9.62 Å². The van der Waals surface area contributed by atoms with Crippen LogP contribution in [0, 0.1) is 5.41 Å². The Bertz CT molecular complexity index is 627. The number of carbonyl (C=O) groups excluding carboxylic acids is 1. The maximum Gasteiger partial charge on any atom is 0.250 e. The van der Waals surface area contributed by atoms with Gasteiger partial charge in [0.05, 0.1) is 0 Å². The molecule has 1 aromatic rings. The van der Waals surface area contributed by atoms with Gasteiger partial charge in [-0.15, -0.1) is 11.3 Å². The van der Waals surface area contributed by atoms with Gasteiger partial charge in [0.25, 0.3) is 0 Å². The molecule has 1 amide bonds. The second-order valence-corrected chi connectivity index (χ2v) is 8.97. The van der Waals surface area contributed by atoms with Gasteiger partial charge in [-0.2, -0.15) is 0 Å². The minimum Gasteiger partial charge on any atom is -0.342 e. The maximum absolute atomic E-state index is 12.3. The van der Waals surface area contributed by atoms with Crippen molar-refractivity contribution in [3.63, 3.8) is 0 Å². The predicted molar refractivity (Wildman–Crippen MR) is 81.6 cm³/mol. The Morgan fingerprint density at radius 1 is 1.48 bits per heavy atom. The van der Waals surface area contributed by atoms with Gasteiger partial charge in [0.15, 0.2) is 0 Å². The molecule has 0 aromatic carbocycles. The van der Waals surface area contributed by atoms with Crippen molar-refractivity contribution in [3.05, 3.63) is 17.5 Å². The molecule has 116 valence electrons. The van der Waals surface area contributed by atoms with E-state index in [-0.39, 0.29) is 17.4 Å². The third-order valence-electron chi connectivity index (χ3n) is 4.93. The first kappa shape index (κ1) is 15.0. The number of carbonyl (C=O) groups is 1. The molecule has 2 fully saturated rings. The van der Waals surface area contributed by atoms with Crippen molar-refractivity contribution in [2.75, 3.05) is 13.6 Å². The summed E-state index contributed by atoms with van der Waals surface area (Å²) in [5, 5.41) is 1.76. The van der Waals surface area contributed by atoms with Crippen LogP contribution in [0.4, 0.5) is 0 Å². The number of hydrogen-bond acceptors (Lipinski definition) is 4. The third kappa shape index (κ3) is 2.62. The van der Waals surface area contributed by atoms with Gasteiger partial charge in [-0.1, -0.05) is 12.5 Å². The SMILES string of the molecule is CN1C(=O)CC[C@]2(CNS(=O)(=O)c3cccs3)CCC[C@@H]12. The summed E-state index contributed by atoms with van der Waals surface area (Å²) in [5.41, 5.74) is -0.0903. The minimum absolute atomic E-state index is 0.0903. The lowest BCUT2D eigenvalue weighted by molar-refractivity contribution is -0.139. The average molecular weight is 328 g/mol. The van der Waals surface area contributed by atoms with Crippen LogP contribution in [-0.2, 0) is 14.8 Å². The van der Waals surface area contributed by atoms with Gasteiger partial charge in [0, 0.05) is 31.5 Å². The van der Waals surface area contributed by atoms with E-state index in [1.165, 1.54) is 11.3 Å². The number of nitrogens with one attached hydrogen (secondary N) is 1. The lowest BCUT2D eigenvalue weighted by Crippen LogP contribution is -2.54. The topological polar surface area (TPSA) is 66.5 Å². The summed E-state index contributed by atoms with van der Waals surface area (Å²) >= 11 is 1.23. The molecule has 1 aliphatic heterocycles. The first-order chi connectivity index (χ1) is 9.95. The molecule has 2 aliphatic rings. The van der Waals surface area contributed by atoms with Crippen LogP contribution in [0.5, 0.6) is 0 Å². The van der Waals surface area contributed by atoms with Crippen molar-refractivity contribution in [1.29, 1.82) is 0 Å². The van der Waals surface area contributed by atoms with Crippen LogP contribution >= 0.6 is 11.3 Å². The first-order valence-corrected chi connectivity index (χ1v) is 9.60. The molecule has 1 N–H and O–H groups in total. The first-order valence-electron chi connectivity index (χ1n) is 7.23. The quantitative estimate of drug-likeness (QED) is 0.917. The molecule has 21 heavy (non-hydrogen) atoms. The second-order valence-electron chi connectivity index (χ2n) is 6.03. The molecular weight excluding hydrogens is 308 g/mol. The van der Waals surface area contributed by atoms with E-state index in [1.807, 2.05) is 11.9 Å². The third-order valence-corrected chi connectivity index (χ3v) is 7.73. The summed E-state index contributed by atoms with van der Waals surface area (Å²) in [6.07, 6.45) is 4.33. The van der Waals surface area contributed by atoms with Crippen LogP contribution in [0.1, 0.15) is 32.1 Å². The minimum atomic E-state index is -3.43.